The van der Waals surface area contributed by atoms with Crippen molar-refractivity contribution in [2.45, 2.75) is 6.61 Å². The number of nitrogens with zero attached hydrogens (tertiary/aromatic N) is 2. The number of hydrogen-bond donors (Lipinski definition) is 1. The Bertz CT molecular complexity index is 1220. The van der Waals surface area contributed by atoms with Crippen molar-refractivity contribution in [3.8, 4) is 5.75 Å². The van der Waals surface area contributed by atoms with Crippen molar-refractivity contribution in [3.63, 3.8) is 0 Å². The molecule has 160 valence electrons. The predicted octanol–water partition coefficient (Wildman–Crippen LogP) is 4.92. The van der Waals surface area contributed by atoms with Gasteiger partial charge in [-0.05, 0) is 59.7 Å². The molecule has 0 unspecified atom stereocenters. The van der Waals surface area contributed by atoms with Crippen molar-refractivity contribution in [1.29, 1.82) is 0 Å². The van der Waals surface area contributed by atoms with Gasteiger partial charge in [0.15, 0.2) is 0 Å². The van der Waals surface area contributed by atoms with Gasteiger partial charge in [-0.15, -0.1) is 0 Å². The second-order valence-corrected chi connectivity index (χ2v) is 7.33. The molecule has 32 heavy (non-hydrogen) atoms. The van der Waals surface area contributed by atoms with Gasteiger partial charge in [-0.1, -0.05) is 29.8 Å². The molecule has 0 aliphatic carbocycles. The molecule has 0 bridgehead atoms. The van der Waals surface area contributed by atoms with E-state index in [1.165, 1.54) is 12.1 Å². The first-order valence-corrected chi connectivity index (χ1v) is 9.87. The fraction of sp³-hybridized carbons (Fsp3) is 0.0435. The van der Waals surface area contributed by atoms with Gasteiger partial charge in [-0.25, -0.2) is 9.69 Å². The van der Waals surface area contributed by atoms with Crippen LogP contribution in [-0.4, -0.2) is 16.9 Å². The first-order chi connectivity index (χ1) is 15.4. The standard InChI is InChI=1S/C23H16ClN3O5/c24-17-2-1-3-19(13-17)26-22(28)21(25-23(26)29)12-15-6-10-20(11-7-15)32-14-16-4-8-18(9-5-16)27(30)31/h1-13H,14H2,(H,25,29)/b21-12-. The fourth-order valence-electron chi connectivity index (χ4n) is 3.09. The Morgan fingerprint density at radius 2 is 1.75 bits per heavy atom. The van der Waals surface area contributed by atoms with Gasteiger partial charge in [-0.3, -0.25) is 14.9 Å². The number of nitro groups is 1. The number of anilines is 1. The van der Waals surface area contributed by atoms with Gasteiger partial charge in [0.05, 0.1) is 10.6 Å². The second-order valence-electron chi connectivity index (χ2n) is 6.89. The number of nitro benzene ring substituents is 1. The van der Waals surface area contributed by atoms with Crippen LogP contribution >= 0.6 is 11.6 Å². The minimum absolute atomic E-state index is 0.0219. The summed E-state index contributed by atoms with van der Waals surface area (Å²) >= 11 is 5.96. The third-order valence-electron chi connectivity index (χ3n) is 4.69. The highest BCUT2D eigenvalue weighted by Crippen LogP contribution is 2.25. The summed E-state index contributed by atoms with van der Waals surface area (Å²) in [4.78, 5) is 36.3. The molecule has 3 amide bonds. The minimum Gasteiger partial charge on any atom is -0.489 e. The molecule has 1 N–H and O–H groups in total. The quantitative estimate of drug-likeness (QED) is 0.249. The van der Waals surface area contributed by atoms with Crippen LogP contribution in [0.4, 0.5) is 16.2 Å². The lowest BCUT2D eigenvalue weighted by Gasteiger charge is -2.11. The molecule has 3 aromatic rings. The maximum absolute atomic E-state index is 12.7. The van der Waals surface area contributed by atoms with Crippen molar-refractivity contribution in [2.24, 2.45) is 0 Å². The first kappa shape index (κ1) is 21.1. The zero-order chi connectivity index (χ0) is 22.7. The lowest BCUT2D eigenvalue weighted by Crippen LogP contribution is -2.30. The number of carbonyl (C=O) groups is 2. The summed E-state index contributed by atoms with van der Waals surface area (Å²) in [5.41, 5.74) is 2.05. The molecule has 4 rings (SSSR count). The average Bonchev–Trinajstić information content (AvgIpc) is 3.06. The van der Waals surface area contributed by atoms with Crippen LogP contribution in [0, 0.1) is 10.1 Å². The van der Waals surface area contributed by atoms with E-state index in [-0.39, 0.29) is 18.0 Å². The van der Waals surface area contributed by atoms with Crippen LogP contribution in [-0.2, 0) is 11.4 Å². The monoisotopic (exact) mass is 449 g/mol. The Labute approximate surface area is 187 Å². The van der Waals surface area contributed by atoms with Gasteiger partial charge in [0.1, 0.15) is 18.1 Å². The van der Waals surface area contributed by atoms with Gasteiger partial charge >= 0.3 is 6.03 Å². The summed E-state index contributed by atoms with van der Waals surface area (Å²) in [5, 5.41) is 13.7. The molecule has 0 spiro atoms. The largest absolute Gasteiger partial charge is 0.489 e. The molecule has 3 aromatic carbocycles. The number of imide groups is 1. The van der Waals surface area contributed by atoms with Crippen molar-refractivity contribution >= 4 is 41.0 Å². The fourth-order valence-corrected chi connectivity index (χ4v) is 3.28. The normalized spacial score (nSPS) is 14.5. The average molecular weight is 450 g/mol. The van der Waals surface area contributed by atoms with Crippen LogP contribution in [0.1, 0.15) is 11.1 Å². The van der Waals surface area contributed by atoms with E-state index in [9.17, 15) is 19.7 Å². The Kier molecular flexibility index (Phi) is 5.87. The molecule has 0 aromatic heterocycles. The summed E-state index contributed by atoms with van der Waals surface area (Å²) in [6.45, 7) is 0.252. The number of rotatable bonds is 6. The topological polar surface area (TPSA) is 102 Å². The van der Waals surface area contributed by atoms with Crippen molar-refractivity contribution in [2.75, 3.05) is 4.90 Å². The van der Waals surface area contributed by atoms with E-state index >= 15 is 0 Å². The SMILES string of the molecule is O=C1N/C(=C\c2ccc(OCc3ccc([N+](=O)[O-])cc3)cc2)C(=O)N1c1cccc(Cl)c1. The minimum atomic E-state index is -0.549. The molecule has 8 nitrogen and oxygen atoms in total. The lowest BCUT2D eigenvalue weighted by atomic mass is 10.1. The third-order valence-corrected chi connectivity index (χ3v) is 4.92. The predicted molar refractivity (Wildman–Crippen MR) is 119 cm³/mol. The van der Waals surface area contributed by atoms with E-state index in [1.54, 1.807) is 66.7 Å². The van der Waals surface area contributed by atoms with Gasteiger partial charge < -0.3 is 10.1 Å². The lowest BCUT2D eigenvalue weighted by molar-refractivity contribution is -0.384. The van der Waals surface area contributed by atoms with Crippen LogP contribution in [0.15, 0.2) is 78.5 Å². The highest BCUT2D eigenvalue weighted by molar-refractivity contribution is 6.32. The Morgan fingerprint density at radius 3 is 2.41 bits per heavy atom. The maximum Gasteiger partial charge on any atom is 0.333 e. The van der Waals surface area contributed by atoms with Gasteiger partial charge in [0.25, 0.3) is 11.6 Å². The number of non-ortho nitro benzene ring substituents is 1. The van der Waals surface area contributed by atoms with Gasteiger partial charge in [-0.2, -0.15) is 0 Å². The van der Waals surface area contributed by atoms with E-state index in [0.29, 0.717) is 22.0 Å². The highest BCUT2D eigenvalue weighted by atomic mass is 35.5. The number of benzene rings is 3. The molecule has 0 saturated carbocycles. The number of urea groups is 1. The number of ether oxygens (including phenoxy) is 1. The van der Waals surface area contributed by atoms with Crippen molar-refractivity contribution < 1.29 is 19.2 Å². The zero-order valence-electron chi connectivity index (χ0n) is 16.5. The number of hydrogen-bond acceptors (Lipinski definition) is 5. The van der Waals surface area contributed by atoms with Crippen molar-refractivity contribution in [1.82, 2.24) is 5.32 Å². The maximum atomic E-state index is 12.7. The summed E-state index contributed by atoms with van der Waals surface area (Å²) in [7, 11) is 0. The van der Waals surface area contributed by atoms with Crippen LogP contribution in [0.2, 0.25) is 5.02 Å². The first-order valence-electron chi connectivity index (χ1n) is 9.49. The summed E-state index contributed by atoms with van der Waals surface area (Å²) in [5.74, 6) is 0.114. The van der Waals surface area contributed by atoms with Crippen LogP contribution in [0.3, 0.4) is 0 Å². The van der Waals surface area contributed by atoms with E-state index in [4.69, 9.17) is 16.3 Å². The molecule has 1 saturated heterocycles. The molecular formula is C23H16ClN3O5. The Balaban J connectivity index is 1.42. The second kappa shape index (κ2) is 8.91. The van der Waals surface area contributed by atoms with E-state index < -0.39 is 16.9 Å². The number of nitrogens with one attached hydrogen (secondary N) is 1. The van der Waals surface area contributed by atoms with Crippen LogP contribution < -0.4 is 15.0 Å². The molecular weight excluding hydrogens is 434 g/mol. The molecule has 1 aliphatic rings. The van der Waals surface area contributed by atoms with Gasteiger partial charge in [0, 0.05) is 17.2 Å². The molecule has 9 heteroatoms. The Morgan fingerprint density at radius 1 is 1.03 bits per heavy atom. The molecule has 1 heterocycles. The Hall–Kier alpha value is -4.17. The van der Waals surface area contributed by atoms with E-state index in [0.717, 1.165) is 10.5 Å². The zero-order valence-corrected chi connectivity index (χ0v) is 17.3. The molecule has 1 aliphatic heterocycles. The van der Waals surface area contributed by atoms with Crippen LogP contribution in [0.5, 0.6) is 5.75 Å². The highest BCUT2D eigenvalue weighted by Gasteiger charge is 2.34. The third kappa shape index (κ3) is 4.60. The summed E-state index contributed by atoms with van der Waals surface area (Å²) in [6.07, 6.45) is 1.57. The van der Waals surface area contributed by atoms with Gasteiger partial charge in [0.2, 0.25) is 0 Å². The summed E-state index contributed by atoms with van der Waals surface area (Å²) < 4.78 is 5.69. The summed E-state index contributed by atoms with van der Waals surface area (Å²) in [6, 6.07) is 19.0. The number of amides is 3. The number of carbonyl (C=O) groups excluding carboxylic acids is 2. The van der Waals surface area contributed by atoms with E-state index in [2.05, 4.69) is 5.32 Å². The molecule has 0 atom stereocenters. The molecule has 0 radical (unpaired) electrons. The molecule has 1 fully saturated rings. The van der Waals surface area contributed by atoms with E-state index in [1.807, 2.05) is 0 Å². The smallest absolute Gasteiger partial charge is 0.333 e. The number of halogens is 1. The van der Waals surface area contributed by atoms with Crippen molar-refractivity contribution in [3.05, 3.63) is 105 Å². The van der Waals surface area contributed by atoms with Crippen LogP contribution in [0.25, 0.3) is 6.08 Å².